The highest BCUT2D eigenvalue weighted by molar-refractivity contribution is 5.73. The van der Waals surface area contributed by atoms with Gasteiger partial charge in [-0.1, -0.05) is 25.8 Å². The molecule has 3 N–H and O–H groups in total. The Labute approximate surface area is 110 Å². The van der Waals surface area contributed by atoms with Crippen molar-refractivity contribution in [2.75, 3.05) is 17.7 Å². The maximum absolute atomic E-state index is 6.13. The third kappa shape index (κ3) is 3.31. The molecular weight excluding hydrogens is 224 g/mol. The first-order valence-electron chi connectivity index (χ1n) is 7.02. The first-order chi connectivity index (χ1) is 8.74. The molecular formula is C15H24N2O. The Kier molecular flexibility index (Phi) is 4.34. The minimum absolute atomic E-state index is 0.525. The van der Waals surface area contributed by atoms with Crippen LogP contribution in [0.4, 0.5) is 11.4 Å². The predicted octanol–water partition coefficient (Wildman–Crippen LogP) is 3.66. The fourth-order valence-corrected chi connectivity index (χ4v) is 2.25. The van der Waals surface area contributed by atoms with Gasteiger partial charge in [-0.2, -0.15) is 0 Å². The summed E-state index contributed by atoms with van der Waals surface area (Å²) < 4.78 is 5.52. The van der Waals surface area contributed by atoms with Gasteiger partial charge in [0.15, 0.2) is 0 Å². The molecule has 0 aromatic heterocycles. The number of ether oxygens (including phenoxy) is 1. The van der Waals surface area contributed by atoms with Crippen LogP contribution in [0.2, 0.25) is 0 Å². The summed E-state index contributed by atoms with van der Waals surface area (Å²) >= 11 is 0. The van der Waals surface area contributed by atoms with Crippen LogP contribution in [0.15, 0.2) is 18.2 Å². The summed E-state index contributed by atoms with van der Waals surface area (Å²) in [5.41, 5.74) is 7.87. The number of para-hydroxylation sites is 1. The van der Waals surface area contributed by atoms with Crippen LogP contribution < -0.4 is 15.8 Å². The largest absolute Gasteiger partial charge is 0.492 e. The summed E-state index contributed by atoms with van der Waals surface area (Å²) in [4.78, 5) is 0. The van der Waals surface area contributed by atoms with E-state index in [-0.39, 0.29) is 0 Å². The SMILES string of the molecule is CCOc1cccc(NC(CC)CC2CC2)c1N. The van der Waals surface area contributed by atoms with Gasteiger partial charge in [0.2, 0.25) is 0 Å². The van der Waals surface area contributed by atoms with Crippen molar-refractivity contribution in [2.45, 2.75) is 45.6 Å². The Bertz CT molecular complexity index is 388. The minimum atomic E-state index is 0.525. The molecule has 0 saturated heterocycles. The molecule has 0 amide bonds. The van der Waals surface area contributed by atoms with E-state index >= 15 is 0 Å². The molecule has 0 heterocycles. The van der Waals surface area contributed by atoms with Gasteiger partial charge in [-0.25, -0.2) is 0 Å². The number of rotatable bonds is 7. The van der Waals surface area contributed by atoms with Crippen LogP contribution in [0.3, 0.4) is 0 Å². The number of nitrogens with two attached hydrogens (primary N) is 1. The van der Waals surface area contributed by atoms with Gasteiger partial charge in [-0.05, 0) is 37.8 Å². The Morgan fingerprint density at radius 1 is 1.39 bits per heavy atom. The van der Waals surface area contributed by atoms with Crippen molar-refractivity contribution in [3.63, 3.8) is 0 Å². The smallest absolute Gasteiger partial charge is 0.144 e. The van der Waals surface area contributed by atoms with Gasteiger partial charge in [-0.3, -0.25) is 0 Å². The average Bonchev–Trinajstić information content (AvgIpc) is 3.17. The van der Waals surface area contributed by atoms with Gasteiger partial charge < -0.3 is 15.8 Å². The molecule has 3 nitrogen and oxygen atoms in total. The highest BCUT2D eigenvalue weighted by Crippen LogP contribution is 2.36. The van der Waals surface area contributed by atoms with E-state index in [1.807, 2.05) is 25.1 Å². The lowest BCUT2D eigenvalue weighted by atomic mass is 10.1. The normalized spacial score (nSPS) is 16.3. The zero-order chi connectivity index (χ0) is 13.0. The Hall–Kier alpha value is -1.38. The lowest BCUT2D eigenvalue weighted by molar-refractivity contribution is 0.342. The van der Waals surface area contributed by atoms with Crippen molar-refractivity contribution in [1.82, 2.24) is 0 Å². The molecule has 1 atom stereocenters. The van der Waals surface area contributed by atoms with Gasteiger partial charge in [0.1, 0.15) is 5.75 Å². The number of benzene rings is 1. The van der Waals surface area contributed by atoms with Crippen molar-refractivity contribution >= 4 is 11.4 Å². The zero-order valence-corrected chi connectivity index (χ0v) is 11.4. The lowest BCUT2D eigenvalue weighted by Crippen LogP contribution is -2.20. The van der Waals surface area contributed by atoms with E-state index in [1.54, 1.807) is 0 Å². The maximum Gasteiger partial charge on any atom is 0.144 e. The first kappa shape index (κ1) is 13.1. The fourth-order valence-electron chi connectivity index (χ4n) is 2.25. The molecule has 1 unspecified atom stereocenters. The van der Waals surface area contributed by atoms with Gasteiger partial charge in [-0.15, -0.1) is 0 Å². The van der Waals surface area contributed by atoms with Crippen LogP contribution in [0.25, 0.3) is 0 Å². The first-order valence-corrected chi connectivity index (χ1v) is 7.02. The highest BCUT2D eigenvalue weighted by Gasteiger charge is 2.25. The molecule has 1 saturated carbocycles. The van der Waals surface area contributed by atoms with E-state index in [0.29, 0.717) is 12.6 Å². The van der Waals surface area contributed by atoms with Crippen LogP contribution in [0.5, 0.6) is 5.75 Å². The van der Waals surface area contributed by atoms with Gasteiger partial charge >= 0.3 is 0 Å². The topological polar surface area (TPSA) is 47.3 Å². The van der Waals surface area contributed by atoms with Crippen LogP contribution >= 0.6 is 0 Å². The monoisotopic (exact) mass is 248 g/mol. The van der Waals surface area contributed by atoms with E-state index in [0.717, 1.165) is 29.5 Å². The van der Waals surface area contributed by atoms with E-state index in [2.05, 4.69) is 12.2 Å². The lowest BCUT2D eigenvalue weighted by Gasteiger charge is -2.20. The summed E-state index contributed by atoms with van der Waals surface area (Å²) in [6.07, 6.45) is 5.18. The Balaban J connectivity index is 2.04. The summed E-state index contributed by atoms with van der Waals surface area (Å²) in [5.74, 6) is 1.71. The molecule has 0 spiro atoms. The molecule has 3 heteroatoms. The highest BCUT2D eigenvalue weighted by atomic mass is 16.5. The third-order valence-corrected chi connectivity index (χ3v) is 3.53. The maximum atomic E-state index is 6.13. The summed E-state index contributed by atoms with van der Waals surface area (Å²) in [6.45, 7) is 4.84. The quantitative estimate of drug-likeness (QED) is 0.724. The van der Waals surface area contributed by atoms with Crippen molar-refractivity contribution < 1.29 is 4.74 Å². The number of anilines is 2. The van der Waals surface area contributed by atoms with E-state index in [1.165, 1.54) is 19.3 Å². The van der Waals surface area contributed by atoms with E-state index in [9.17, 15) is 0 Å². The summed E-state index contributed by atoms with van der Waals surface area (Å²) in [7, 11) is 0. The van der Waals surface area contributed by atoms with Crippen LogP contribution in [-0.4, -0.2) is 12.6 Å². The van der Waals surface area contributed by atoms with Gasteiger partial charge in [0.05, 0.1) is 18.0 Å². The van der Waals surface area contributed by atoms with Gasteiger partial charge in [0.25, 0.3) is 0 Å². The fraction of sp³-hybridized carbons (Fsp3) is 0.600. The van der Waals surface area contributed by atoms with Crippen molar-refractivity contribution in [1.29, 1.82) is 0 Å². The van der Waals surface area contributed by atoms with Gasteiger partial charge in [0, 0.05) is 6.04 Å². The van der Waals surface area contributed by atoms with Crippen molar-refractivity contribution in [3.05, 3.63) is 18.2 Å². The standard InChI is InChI=1S/C15H24N2O/c1-3-12(10-11-8-9-11)17-13-6-5-7-14(15(13)16)18-4-2/h5-7,11-12,17H,3-4,8-10,16H2,1-2H3. The Morgan fingerprint density at radius 3 is 2.78 bits per heavy atom. The molecule has 2 rings (SSSR count). The van der Waals surface area contributed by atoms with Crippen LogP contribution in [0.1, 0.15) is 39.5 Å². The van der Waals surface area contributed by atoms with E-state index in [4.69, 9.17) is 10.5 Å². The molecule has 18 heavy (non-hydrogen) atoms. The molecule has 1 aromatic rings. The summed E-state index contributed by atoms with van der Waals surface area (Å²) in [6, 6.07) is 6.48. The summed E-state index contributed by atoms with van der Waals surface area (Å²) in [5, 5.41) is 3.56. The van der Waals surface area contributed by atoms with E-state index < -0.39 is 0 Å². The van der Waals surface area contributed by atoms with Crippen LogP contribution in [-0.2, 0) is 0 Å². The second-order valence-corrected chi connectivity index (χ2v) is 5.08. The molecule has 1 aliphatic rings. The number of nitrogens with one attached hydrogen (secondary N) is 1. The zero-order valence-electron chi connectivity index (χ0n) is 11.4. The number of nitrogen functional groups attached to an aromatic ring is 1. The molecule has 1 aliphatic carbocycles. The minimum Gasteiger partial charge on any atom is -0.492 e. The number of hydrogen-bond donors (Lipinski definition) is 2. The third-order valence-electron chi connectivity index (χ3n) is 3.53. The molecule has 0 radical (unpaired) electrons. The second-order valence-electron chi connectivity index (χ2n) is 5.08. The molecule has 0 aliphatic heterocycles. The molecule has 1 aromatic carbocycles. The average molecular weight is 248 g/mol. The van der Waals surface area contributed by atoms with Crippen molar-refractivity contribution in [3.8, 4) is 5.75 Å². The molecule has 1 fully saturated rings. The second kappa shape index (κ2) is 5.98. The number of hydrogen-bond acceptors (Lipinski definition) is 3. The van der Waals surface area contributed by atoms with Crippen molar-refractivity contribution in [2.24, 2.45) is 5.92 Å². The molecule has 100 valence electrons. The predicted molar refractivity (Wildman–Crippen MR) is 77.1 cm³/mol. The van der Waals surface area contributed by atoms with Crippen LogP contribution in [0, 0.1) is 5.92 Å². The molecule has 0 bridgehead atoms. The Morgan fingerprint density at radius 2 is 2.17 bits per heavy atom.